The van der Waals surface area contributed by atoms with E-state index in [-0.39, 0.29) is 0 Å². The highest BCUT2D eigenvalue weighted by Gasteiger charge is 2.30. The van der Waals surface area contributed by atoms with E-state index in [4.69, 9.17) is 4.98 Å². The molecule has 5 heteroatoms. The first-order chi connectivity index (χ1) is 14.8. The van der Waals surface area contributed by atoms with Crippen molar-refractivity contribution in [1.82, 2.24) is 9.55 Å². The minimum atomic E-state index is -4.35. The van der Waals surface area contributed by atoms with Crippen LogP contribution in [-0.4, -0.2) is 9.55 Å². The lowest BCUT2D eigenvalue weighted by Gasteiger charge is -2.14. The maximum Gasteiger partial charge on any atom is 0.416 e. The van der Waals surface area contributed by atoms with Gasteiger partial charge in [-0.15, -0.1) is 0 Å². The Balaban J connectivity index is 1.74. The first kappa shape index (κ1) is 21.2. The van der Waals surface area contributed by atoms with Gasteiger partial charge in [0.2, 0.25) is 0 Å². The Bertz CT molecular complexity index is 1210. The molecule has 0 aliphatic rings. The van der Waals surface area contributed by atoms with Gasteiger partial charge in [-0.1, -0.05) is 38.1 Å². The van der Waals surface area contributed by atoms with Crippen LogP contribution >= 0.6 is 0 Å². The molecule has 2 aromatic carbocycles. The zero-order valence-electron chi connectivity index (χ0n) is 17.9. The van der Waals surface area contributed by atoms with Gasteiger partial charge in [0.1, 0.15) is 0 Å². The minimum absolute atomic E-state index is 0.367. The summed E-state index contributed by atoms with van der Waals surface area (Å²) < 4.78 is 41.4. The molecule has 160 valence electrons. The second kappa shape index (κ2) is 8.22. The number of aromatic nitrogens is 2. The smallest absolute Gasteiger partial charge is 0.342 e. The van der Waals surface area contributed by atoms with E-state index in [0.29, 0.717) is 12.1 Å². The molecule has 2 aromatic heterocycles. The predicted molar refractivity (Wildman–Crippen MR) is 119 cm³/mol. The quantitative estimate of drug-likeness (QED) is 0.332. The summed E-state index contributed by atoms with van der Waals surface area (Å²) in [5, 5.41) is 1.03. The number of pyridine rings is 1. The third-order valence-corrected chi connectivity index (χ3v) is 5.93. The number of hydrogen-bond donors (Lipinski definition) is 0. The molecule has 0 aliphatic heterocycles. The van der Waals surface area contributed by atoms with Gasteiger partial charge in [0.05, 0.1) is 23.0 Å². The molecular formula is C26H25F3N2. The molecule has 2 nitrogen and oxygen atoms in total. The molecule has 0 saturated heterocycles. The summed E-state index contributed by atoms with van der Waals surface area (Å²) in [7, 11) is 0. The van der Waals surface area contributed by atoms with Gasteiger partial charge in [0.15, 0.2) is 0 Å². The van der Waals surface area contributed by atoms with Gasteiger partial charge in [-0.3, -0.25) is 4.98 Å². The van der Waals surface area contributed by atoms with E-state index in [1.54, 1.807) is 0 Å². The zero-order chi connectivity index (χ0) is 22.2. The highest BCUT2D eigenvalue weighted by Crippen LogP contribution is 2.32. The lowest BCUT2D eigenvalue weighted by Crippen LogP contribution is -2.08. The first-order valence-electron chi connectivity index (χ1n) is 10.5. The van der Waals surface area contributed by atoms with Crippen LogP contribution in [0.3, 0.4) is 0 Å². The molecule has 0 aliphatic carbocycles. The summed E-state index contributed by atoms with van der Waals surface area (Å²) in [6.07, 6.45) is 1.26. The topological polar surface area (TPSA) is 17.8 Å². The molecule has 0 saturated carbocycles. The number of hydrogen-bond acceptors (Lipinski definition) is 1. The van der Waals surface area contributed by atoms with E-state index in [9.17, 15) is 13.2 Å². The van der Waals surface area contributed by atoms with Crippen molar-refractivity contribution in [3.8, 4) is 11.3 Å². The maximum absolute atomic E-state index is 13.1. The number of nitrogens with zero attached hydrogens (tertiary/aromatic N) is 2. The molecule has 0 spiro atoms. The summed E-state index contributed by atoms with van der Waals surface area (Å²) in [6.45, 7) is 6.49. The Labute approximate surface area is 180 Å². The summed E-state index contributed by atoms with van der Waals surface area (Å²) in [5.74, 6) is 0. The van der Waals surface area contributed by atoms with Crippen molar-refractivity contribution in [2.45, 2.75) is 46.3 Å². The molecule has 2 heterocycles. The van der Waals surface area contributed by atoms with Crippen molar-refractivity contribution in [1.29, 1.82) is 0 Å². The highest BCUT2D eigenvalue weighted by atomic mass is 19.4. The third-order valence-electron chi connectivity index (χ3n) is 5.93. The standard InChI is InChI=1S/C26H25F3N2/c1-4-18-7-6-8-19(5-2)25(18)23-14-20-11-12-31(24(20)15-30-23)16-21-13-22(26(27,28)29)10-9-17(21)3/h6-15H,4-5,16H2,1-3H3. The zero-order valence-corrected chi connectivity index (χ0v) is 17.9. The molecule has 0 unspecified atom stereocenters. The Morgan fingerprint density at radius 2 is 1.61 bits per heavy atom. The van der Waals surface area contributed by atoms with Crippen molar-refractivity contribution < 1.29 is 13.2 Å². The van der Waals surface area contributed by atoms with Crippen LogP contribution in [0, 0.1) is 6.92 Å². The predicted octanol–water partition coefficient (Wildman–Crippen LogP) is 7.20. The fourth-order valence-electron chi connectivity index (χ4n) is 4.14. The van der Waals surface area contributed by atoms with Crippen LogP contribution in [0.1, 0.15) is 41.7 Å². The van der Waals surface area contributed by atoms with Gasteiger partial charge in [-0.2, -0.15) is 13.2 Å². The van der Waals surface area contributed by atoms with Crippen molar-refractivity contribution >= 4 is 10.9 Å². The summed E-state index contributed by atoms with van der Waals surface area (Å²) in [4.78, 5) is 4.75. The molecule has 4 rings (SSSR count). The van der Waals surface area contributed by atoms with E-state index in [1.807, 2.05) is 30.0 Å². The molecular weight excluding hydrogens is 397 g/mol. The van der Waals surface area contributed by atoms with Gasteiger partial charge >= 0.3 is 6.18 Å². The van der Waals surface area contributed by atoms with E-state index in [1.165, 1.54) is 28.8 Å². The largest absolute Gasteiger partial charge is 0.416 e. The number of alkyl halides is 3. The first-order valence-corrected chi connectivity index (χ1v) is 10.5. The maximum atomic E-state index is 13.1. The monoisotopic (exact) mass is 422 g/mol. The summed E-state index contributed by atoms with van der Waals surface area (Å²) >= 11 is 0. The molecule has 0 radical (unpaired) electrons. The average Bonchev–Trinajstić information content (AvgIpc) is 3.15. The van der Waals surface area contributed by atoms with Crippen LogP contribution in [0.2, 0.25) is 0 Å². The van der Waals surface area contributed by atoms with Crippen molar-refractivity contribution in [2.75, 3.05) is 0 Å². The van der Waals surface area contributed by atoms with Gasteiger partial charge in [0, 0.05) is 23.7 Å². The van der Waals surface area contributed by atoms with E-state index in [2.05, 4.69) is 38.1 Å². The van der Waals surface area contributed by atoms with E-state index in [0.717, 1.165) is 41.1 Å². The number of halogens is 3. The SMILES string of the molecule is CCc1cccc(CC)c1-c1cc2ccn(Cc3cc(C(F)(F)F)ccc3C)c2cn1. The van der Waals surface area contributed by atoms with Crippen molar-refractivity contribution in [3.63, 3.8) is 0 Å². The van der Waals surface area contributed by atoms with Crippen LogP contribution in [0.15, 0.2) is 60.9 Å². The van der Waals surface area contributed by atoms with Gasteiger partial charge in [-0.05, 0) is 66.3 Å². The summed E-state index contributed by atoms with van der Waals surface area (Å²) in [5.41, 5.74) is 6.45. The molecule has 0 N–H and O–H groups in total. The average molecular weight is 422 g/mol. The van der Waals surface area contributed by atoms with Crippen molar-refractivity contribution in [3.05, 3.63) is 88.7 Å². The molecule has 4 aromatic rings. The molecule has 0 atom stereocenters. The Morgan fingerprint density at radius 1 is 0.903 bits per heavy atom. The molecule has 0 bridgehead atoms. The van der Waals surface area contributed by atoms with Crippen molar-refractivity contribution in [2.24, 2.45) is 0 Å². The lowest BCUT2D eigenvalue weighted by atomic mass is 9.94. The molecule has 0 amide bonds. The van der Waals surface area contributed by atoms with Crippen LogP contribution in [0.4, 0.5) is 13.2 Å². The van der Waals surface area contributed by atoms with Crippen LogP contribution in [0.25, 0.3) is 22.2 Å². The number of fused-ring (bicyclic) bond motifs is 1. The lowest BCUT2D eigenvalue weighted by molar-refractivity contribution is -0.137. The minimum Gasteiger partial charge on any atom is -0.342 e. The van der Waals surface area contributed by atoms with Gasteiger partial charge < -0.3 is 4.57 Å². The number of benzene rings is 2. The van der Waals surface area contributed by atoms with E-state index >= 15 is 0 Å². The fraction of sp³-hybridized carbons (Fsp3) is 0.269. The highest BCUT2D eigenvalue weighted by molar-refractivity contribution is 5.84. The Hall–Kier alpha value is -3.08. The normalized spacial score (nSPS) is 11.9. The summed E-state index contributed by atoms with van der Waals surface area (Å²) in [6, 6.07) is 14.4. The van der Waals surface area contributed by atoms with Gasteiger partial charge in [-0.25, -0.2) is 0 Å². The number of rotatable bonds is 5. The van der Waals surface area contributed by atoms with Crippen LogP contribution < -0.4 is 0 Å². The van der Waals surface area contributed by atoms with E-state index < -0.39 is 11.7 Å². The van der Waals surface area contributed by atoms with Crippen LogP contribution in [-0.2, 0) is 25.6 Å². The second-order valence-electron chi connectivity index (χ2n) is 7.87. The number of aryl methyl sites for hydroxylation is 3. The second-order valence-corrected chi connectivity index (χ2v) is 7.87. The Kier molecular flexibility index (Phi) is 5.61. The molecule has 31 heavy (non-hydrogen) atoms. The fourth-order valence-corrected chi connectivity index (χ4v) is 4.14. The third kappa shape index (κ3) is 4.09. The molecule has 0 fully saturated rings. The van der Waals surface area contributed by atoms with Crippen LogP contribution in [0.5, 0.6) is 0 Å². The van der Waals surface area contributed by atoms with Gasteiger partial charge in [0.25, 0.3) is 0 Å². The Morgan fingerprint density at radius 3 is 2.26 bits per heavy atom.